The average Bonchev–Trinajstić information content (AvgIpc) is 3.83. The normalized spacial score (nSPS) is 16.5. The van der Waals surface area contributed by atoms with Crippen LogP contribution in [0.25, 0.3) is 60.9 Å². The van der Waals surface area contributed by atoms with Crippen molar-refractivity contribution < 1.29 is 4.74 Å². The number of anilines is 2. The van der Waals surface area contributed by atoms with Crippen molar-refractivity contribution in [2.75, 3.05) is 4.90 Å². The van der Waals surface area contributed by atoms with Crippen LogP contribution < -0.4 is 9.64 Å². The summed E-state index contributed by atoms with van der Waals surface area (Å²) in [5, 5.41) is 2.49. The van der Waals surface area contributed by atoms with Gasteiger partial charge in [-0.15, -0.1) is 0 Å². The number of ether oxygens (including phenoxy) is 1. The highest BCUT2D eigenvalue weighted by molar-refractivity contribution is 6.11. The molecule has 0 saturated carbocycles. The smallest absolute Gasteiger partial charge is 0.119 e. The maximum atomic E-state index is 6.08. The number of benzene rings is 7. The maximum absolute atomic E-state index is 6.08. The Labute approximate surface area is 428 Å². The summed E-state index contributed by atoms with van der Waals surface area (Å²) in [4.78, 5) is 2.57. The van der Waals surface area contributed by atoms with Gasteiger partial charge in [-0.2, -0.15) is 0 Å². The van der Waals surface area contributed by atoms with E-state index < -0.39 is 0 Å². The van der Waals surface area contributed by atoms with E-state index in [1.165, 1.54) is 101 Å². The van der Waals surface area contributed by atoms with E-state index in [-0.39, 0.29) is 23.0 Å². The molecule has 8 aromatic rings. The van der Waals surface area contributed by atoms with E-state index in [0.29, 0.717) is 11.8 Å². The molecule has 2 unspecified atom stereocenters. The van der Waals surface area contributed by atoms with Gasteiger partial charge in [-0.05, 0) is 191 Å². The molecule has 0 aliphatic heterocycles. The third-order valence-corrected chi connectivity index (χ3v) is 15.7. The molecule has 0 fully saturated rings. The SMILES string of the molecule is CC(C)CC(c1ccc(-c2ccc3c(c2)c2cc(C4=CCC(N(c5ccc(C6=CC=CCC6)cc5)c5ccc6c(c5)C(C)(C)c5ccccc5-6)C=C4)ccc2n3-c2ccc(OC(C)C)cc2)cc1)C(C)(C)C. The summed E-state index contributed by atoms with van der Waals surface area (Å²) in [5.41, 5.74) is 20.6. The summed E-state index contributed by atoms with van der Waals surface area (Å²) >= 11 is 0. The summed E-state index contributed by atoms with van der Waals surface area (Å²) in [7, 11) is 0. The second-order valence-electron chi connectivity index (χ2n) is 22.9. The molecule has 0 radical (unpaired) electrons. The average molecular weight is 943 g/mol. The Morgan fingerprint density at radius 2 is 1.32 bits per heavy atom. The van der Waals surface area contributed by atoms with E-state index in [1.807, 2.05) is 0 Å². The van der Waals surface area contributed by atoms with Gasteiger partial charge < -0.3 is 14.2 Å². The minimum absolute atomic E-state index is 0.0877. The predicted molar refractivity (Wildman–Crippen MR) is 308 cm³/mol. The first kappa shape index (κ1) is 47.2. The lowest BCUT2D eigenvalue weighted by Crippen LogP contribution is -2.30. The van der Waals surface area contributed by atoms with Crippen LogP contribution in [0.5, 0.6) is 5.75 Å². The highest BCUT2D eigenvalue weighted by Crippen LogP contribution is 2.51. The van der Waals surface area contributed by atoms with Crippen LogP contribution in [0.1, 0.15) is 122 Å². The van der Waals surface area contributed by atoms with Crippen molar-refractivity contribution in [3.8, 4) is 33.7 Å². The van der Waals surface area contributed by atoms with Crippen LogP contribution in [-0.2, 0) is 5.41 Å². The van der Waals surface area contributed by atoms with E-state index in [4.69, 9.17) is 4.74 Å². The van der Waals surface area contributed by atoms with Crippen LogP contribution in [0, 0.1) is 11.3 Å². The summed E-state index contributed by atoms with van der Waals surface area (Å²) in [6.45, 7) is 20.7. The van der Waals surface area contributed by atoms with E-state index >= 15 is 0 Å². The summed E-state index contributed by atoms with van der Waals surface area (Å²) < 4.78 is 8.50. The van der Waals surface area contributed by atoms with Gasteiger partial charge in [0.1, 0.15) is 5.75 Å². The lowest BCUT2D eigenvalue weighted by atomic mass is 9.72. The van der Waals surface area contributed by atoms with Crippen LogP contribution in [-0.4, -0.2) is 16.7 Å². The van der Waals surface area contributed by atoms with Gasteiger partial charge in [0, 0.05) is 33.2 Å². The van der Waals surface area contributed by atoms with Crippen molar-refractivity contribution in [1.29, 1.82) is 0 Å². The largest absolute Gasteiger partial charge is 0.491 e. The molecule has 3 heteroatoms. The van der Waals surface area contributed by atoms with E-state index in [9.17, 15) is 0 Å². The standard InChI is InChI=1S/C69H70N2O/c1-45(2)41-64(68(5,6)7)51-21-19-49(20-22-51)52-27-39-66-61(42-52)62-43-53(28-40-67(62)71(66)56-33-36-58(37-34-56)72-46(3)4)50-25-31-55(32-26-50)70(54-29-23-48(24-30-54)47-15-11-10-12-16-47)57-35-38-60-59-17-13-14-18-63(59)69(8,9)65(60)44-57/h10-11,13-15,17-31,33-40,42-46,55,64H,12,16,32,41H2,1-9H3. The van der Waals surface area contributed by atoms with Gasteiger partial charge in [0.2, 0.25) is 0 Å². The van der Waals surface area contributed by atoms with Crippen LogP contribution >= 0.6 is 0 Å². The molecule has 3 aliphatic rings. The Hall–Kier alpha value is -7.10. The quantitative estimate of drug-likeness (QED) is 0.121. The fourth-order valence-electron chi connectivity index (χ4n) is 12.0. The zero-order valence-corrected chi connectivity index (χ0v) is 43.8. The number of rotatable bonds is 12. The summed E-state index contributed by atoms with van der Waals surface area (Å²) in [6.07, 6.45) is 18.4. The Kier molecular flexibility index (Phi) is 12.3. The number of fused-ring (bicyclic) bond motifs is 6. The van der Waals surface area contributed by atoms with E-state index in [2.05, 4.69) is 260 Å². The third-order valence-electron chi connectivity index (χ3n) is 15.7. The lowest BCUT2D eigenvalue weighted by molar-refractivity contribution is 0.242. The molecular weight excluding hydrogens is 873 g/mol. The first-order chi connectivity index (χ1) is 34.7. The zero-order chi connectivity index (χ0) is 49.9. The van der Waals surface area contributed by atoms with Gasteiger partial charge in [0.05, 0.1) is 23.2 Å². The summed E-state index contributed by atoms with van der Waals surface area (Å²) in [5.74, 6) is 2.03. The molecule has 1 aromatic heterocycles. The first-order valence-corrected chi connectivity index (χ1v) is 26.6. The molecular formula is C69H70N2O. The van der Waals surface area contributed by atoms with Gasteiger partial charge in [-0.3, -0.25) is 0 Å². The van der Waals surface area contributed by atoms with Gasteiger partial charge in [-0.25, -0.2) is 0 Å². The van der Waals surface area contributed by atoms with Crippen LogP contribution in [0.2, 0.25) is 0 Å². The molecule has 3 nitrogen and oxygen atoms in total. The van der Waals surface area contributed by atoms with Gasteiger partial charge in [0.15, 0.2) is 0 Å². The monoisotopic (exact) mass is 943 g/mol. The van der Waals surface area contributed by atoms with Crippen LogP contribution in [0.3, 0.4) is 0 Å². The predicted octanol–water partition coefficient (Wildman–Crippen LogP) is 19.0. The number of hydrogen-bond acceptors (Lipinski definition) is 2. The second kappa shape index (κ2) is 18.8. The molecule has 0 bridgehead atoms. The molecule has 11 rings (SSSR count). The molecule has 0 spiro atoms. The minimum atomic E-state index is -0.0877. The number of nitrogens with zero attached hydrogens (tertiary/aromatic N) is 2. The summed E-state index contributed by atoms with van der Waals surface area (Å²) in [6, 6.07) is 57.7. The van der Waals surface area contributed by atoms with Crippen LogP contribution in [0.4, 0.5) is 11.4 Å². The van der Waals surface area contributed by atoms with E-state index in [1.54, 1.807) is 0 Å². The molecule has 7 aromatic carbocycles. The molecule has 0 amide bonds. The van der Waals surface area contributed by atoms with Gasteiger partial charge >= 0.3 is 0 Å². The Morgan fingerprint density at radius 1 is 0.667 bits per heavy atom. The molecule has 1 heterocycles. The molecule has 0 N–H and O–H groups in total. The second-order valence-corrected chi connectivity index (χ2v) is 22.9. The number of allylic oxidation sites excluding steroid dienone is 6. The van der Waals surface area contributed by atoms with E-state index in [0.717, 1.165) is 30.7 Å². The highest BCUT2D eigenvalue weighted by Gasteiger charge is 2.36. The minimum Gasteiger partial charge on any atom is -0.491 e. The molecule has 362 valence electrons. The number of aromatic nitrogens is 1. The Balaban J connectivity index is 0.962. The molecule has 2 atom stereocenters. The van der Waals surface area contributed by atoms with Gasteiger partial charge in [-0.1, -0.05) is 164 Å². The van der Waals surface area contributed by atoms with Crippen molar-refractivity contribution in [2.24, 2.45) is 11.3 Å². The van der Waals surface area contributed by atoms with Gasteiger partial charge in [0.25, 0.3) is 0 Å². The van der Waals surface area contributed by atoms with Crippen molar-refractivity contribution in [2.45, 2.75) is 111 Å². The van der Waals surface area contributed by atoms with Crippen LogP contribution in [0.15, 0.2) is 188 Å². The molecule has 0 saturated heterocycles. The Morgan fingerprint density at radius 3 is 1.97 bits per heavy atom. The van der Waals surface area contributed by atoms with Crippen molar-refractivity contribution >= 4 is 44.3 Å². The molecule has 3 aliphatic carbocycles. The third kappa shape index (κ3) is 8.86. The fourth-order valence-corrected chi connectivity index (χ4v) is 12.0. The highest BCUT2D eigenvalue weighted by atomic mass is 16.5. The fraction of sp³-hybridized carbons (Fsp3) is 0.275. The number of hydrogen-bond donors (Lipinski definition) is 0. The van der Waals surface area contributed by atoms with Crippen molar-refractivity contribution in [1.82, 2.24) is 4.57 Å². The van der Waals surface area contributed by atoms with Crippen molar-refractivity contribution in [3.63, 3.8) is 0 Å². The molecule has 72 heavy (non-hydrogen) atoms. The van der Waals surface area contributed by atoms with Crippen molar-refractivity contribution in [3.05, 3.63) is 216 Å². The lowest BCUT2D eigenvalue weighted by Gasteiger charge is -2.34. The maximum Gasteiger partial charge on any atom is 0.119 e. The Bertz CT molecular complexity index is 3440. The zero-order valence-electron chi connectivity index (χ0n) is 43.8. The topological polar surface area (TPSA) is 17.4 Å². The first-order valence-electron chi connectivity index (χ1n) is 26.6.